The molecule has 0 heterocycles. The molecule has 0 N–H and O–H groups in total. The van der Waals surface area contributed by atoms with Crippen LogP contribution in [0.5, 0.6) is 5.75 Å². The van der Waals surface area contributed by atoms with Gasteiger partial charge in [0.2, 0.25) is 0 Å². The van der Waals surface area contributed by atoms with Gasteiger partial charge in [-0.25, -0.2) is 9.24 Å². The fraction of sp³-hybridized carbons (Fsp3) is 0.364. The lowest BCUT2D eigenvalue weighted by Crippen LogP contribution is -1.97. The van der Waals surface area contributed by atoms with Crippen LogP contribution in [0.2, 0.25) is 0 Å². The van der Waals surface area contributed by atoms with Crippen molar-refractivity contribution < 1.29 is 9.13 Å². The van der Waals surface area contributed by atoms with E-state index in [1.165, 1.54) is 6.07 Å². The van der Waals surface area contributed by atoms with Gasteiger partial charge in [-0.1, -0.05) is 15.9 Å². The molecule has 0 unspecified atom stereocenters. The van der Waals surface area contributed by atoms with Gasteiger partial charge in [0.05, 0.1) is 12.7 Å². The van der Waals surface area contributed by atoms with Crippen molar-refractivity contribution in [2.24, 2.45) is 0 Å². The largest absolute Gasteiger partial charge is 0.501 e. The highest BCUT2D eigenvalue weighted by atomic mass is 79.9. The molecule has 0 saturated heterocycles. The van der Waals surface area contributed by atoms with Crippen LogP contribution in [0.15, 0.2) is 12.1 Å². The molecular formula is C11H9BrFNO. The van der Waals surface area contributed by atoms with E-state index >= 15 is 0 Å². The van der Waals surface area contributed by atoms with Gasteiger partial charge in [-0.2, -0.15) is 0 Å². The lowest BCUT2D eigenvalue weighted by Gasteiger charge is -2.09. The maximum Gasteiger partial charge on any atom is 0.262 e. The SMILES string of the molecule is [C-]#[N+]c1c(F)cc(CBr)cc1OC1CC1. The van der Waals surface area contributed by atoms with Crippen LogP contribution in [-0.2, 0) is 5.33 Å². The number of rotatable bonds is 3. The van der Waals surface area contributed by atoms with Crippen LogP contribution < -0.4 is 4.74 Å². The molecule has 0 spiro atoms. The zero-order valence-electron chi connectivity index (χ0n) is 7.96. The lowest BCUT2D eigenvalue weighted by molar-refractivity contribution is 0.304. The van der Waals surface area contributed by atoms with E-state index in [1.54, 1.807) is 6.07 Å². The first-order valence-corrected chi connectivity index (χ1v) is 5.79. The highest BCUT2D eigenvalue weighted by Gasteiger charge is 2.25. The second-order valence-corrected chi connectivity index (χ2v) is 4.05. The minimum absolute atomic E-state index is 0.00778. The number of alkyl halides is 1. The summed E-state index contributed by atoms with van der Waals surface area (Å²) in [7, 11) is 0. The molecule has 1 aliphatic rings. The first-order valence-electron chi connectivity index (χ1n) is 4.67. The molecule has 15 heavy (non-hydrogen) atoms. The standard InChI is InChI=1S/C11H9BrFNO/c1-14-11-9(13)4-7(6-12)5-10(11)15-8-2-3-8/h4-5,8H,2-3,6H2. The van der Waals surface area contributed by atoms with Crippen molar-refractivity contribution in [2.45, 2.75) is 24.3 Å². The van der Waals surface area contributed by atoms with Crippen LogP contribution in [0.1, 0.15) is 18.4 Å². The van der Waals surface area contributed by atoms with E-state index in [1.807, 2.05) is 0 Å². The second-order valence-electron chi connectivity index (χ2n) is 3.49. The third kappa shape index (κ3) is 2.29. The first kappa shape index (κ1) is 10.4. The molecule has 0 bridgehead atoms. The van der Waals surface area contributed by atoms with Crippen molar-refractivity contribution in [2.75, 3.05) is 0 Å². The molecule has 1 aromatic rings. The number of halogens is 2. The van der Waals surface area contributed by atoms with Gasteiger partial charge in [-0.15, -0.1) is 0 Å². The monoisotopic (exact) mass is 269 g/mol. The Labute approximate surface area is 96.0 Å². The topological polar surface area (TPSA) is 13.6 Å². The molecule has 0 aromatic heterocycles. The fourth-order valence-electron chi connectivity index (χ4n) is 1.27. The highest BCUT2D eigenvalue weighted by molar-refractivity contribution is 9.08. The van der Waals surface area contributed by atoms with E-state index in [2.05, 4.69) is 20.8 Å². The van der Waals surface area contributed by atoms with Crippen molar-refractivity contribution in [3.8, 4) is 5.75 Å². The number of ether oxygens (including phenoxy) is 1. The van der Waals surface area contributed by atoms with Crippen LogP contribution in [0.4, 0.5) is 10.1 Å². The maximum absolute atomic E-state index is 13.5. The molecule has 0 amide bonds. The maximum atomic E-state index is 13.5. The van der Waals surface area contributed by atoms with Crippen LogP contribution in [0, 0.1) is 12.4 Å². The van der Waals surface area contributed by atoms with Crippen molar-refractivity contribution in [1.82, 2.24) is 0 Å². The van der Waals surface area contributed by atoms with E-state index in [-0.39, 0.29) is 11.8 Å². The third-order valence-electron chi connectivity index (χ3n) is 2.17. The van der Waals surface area contributed by atoms with Gasteiger partial charge in [-0.3, -0.25) is 0 Å². The average Bonchev–Trinajstić information content (AvgIpc) is 3.01. The molecule has 0 aliphatic heterocycles. The molecule has 2 rings (SSSR count). The van der Waals surface area contributed by atoms with Crippen molar-refractivity contribution in [3.63, 3.8) is 0 Å². The number of hydrogen-bond acceptors (Lipinski definition) is 1. The van der Waals surface area contributed by atoms with Gasteiger partial charge in [0, 0.05) is 5.33 Å². The van der Waals surface area contributed by atoms with Crippen molar-refractivity contribution in [3.05, 3.63) is 34.9 Å². The van der Waals surface area contributed by atoms with E-state index in [0.29, 0.717) is 11.1 Å². The zero-order chi connectivity index (χ0) is 10.8. The van der Waals surface area contributed by atoms with E-state index in [0.717, 1.165) is 18.4 Å². The summed E-state index contributed by atoms with van der Waals surface area (Å²) in [5, 5.41) is 0.559. The molecule has 1 saturated carbocycles. The van der Waals surface area contributed by atoms with E-state index < -0.39 is 5.82 Å². The zero-order valence-corrected chi connectivity index (χ0v) is 9.55. The average molecular weight is 270 g/mol. The Kier molecular flexibility index (Phi) is 2.92. The fourth-order valence-corrected chi connectivity index (χ4v) is 1.59. The Balaban J connectivity index is 2.38. The Morgan fingerprint density at radius 2 is 2.27 bits per heavy atom. The quantitative estimate of drug-likeness (QED) is 0.601. The highest BCUT2D eigenvalue weighted by Crippen LogP contribution is 2.37. The Morgan fingerprint density at radius 1 is 1.53 bits per heavy atom. The normalized spacial score (nSPS) is 14.7. The summed E-state index contributed by atoms with van der Waals surface area (Å²) in [5.41, 5.74) is 0.780. The van der Waals surface area contributed by atoms with E-state index in [9.17, 15) is 4.39 Å². The molecule has 1 fully saturated rings. The van der Waals surface area contributed by atoms with E-state index in [4.69, 9.17) is 11.3 Å². The predicted octanol–water partition coefficient (Wildman–Crippen LogP) is 3.81. The minimum Gasteiger partial charge on any atom is -0.501 e. The van der Waals surface area contributed by atoms with Gasteiger partial charge in [0.15, 0.2) is 0 Å². The summed E-state index contributed by atoms with van der Waals surface area (Å²) in [4.78, 5) is 3.16. The van der Waals surface area contributed by atoms with Gasteiger partial charge in [0.1, 0.15) is 11.6 Å². The lowest BCUT2D eigenvalue weighted by atomic mass is 10.2. The molecule has 4 heteroatoms. The molecule has 2 nitrogen and oxygen atoms in total. The summed E-state index contributed by atoms with van der Waals surface area (Å²) in [6.07, 6.45) is 2.17. The Morgan fingerprint density at radius 3 is 2.80 bits per heavy atom. The predicted molar refractivity (Wildman–Crippen MR) is 58.9 cm³/mol. The summed E-state index contributed by atoms with van der Waals surface area (Å²) in [6, 6.07) is 3.09. The van der Waals surface area contributed by atoms with Crippen LogP contribution in [-0.4, -0.2) is 6.10 Å². The van der Waals surface area contributed by atoms with Crippen molar-refractivity contribution >= 4 is 21.6 Å². The smallest absolute Gasteiger partial charge is 0.262 e. The molecular weight excluding hydrogens is 261 g/mol. The Hall–Kier alpha value is -1.08. The first-order chi connectivity index (χ1) is 7.24. The Bertz CT molecular complexity index is 423. The van der Waals surface area contributed by atoms with Gasteiger partial charge >= 0.3 is 0 Å². The van der Waals surface area contributed by atoms with Gasteiger partial charge in [0.25, 0.3) is 5.69 Å². The van der Waals surface area contributed by atoms with Gasteiger partial charge < -0.3 is 4.74 Å². The summed E-state index contributed by atoms with van der Waals surface area (Å²) in [5.74, 6) is -0.125. The summed E-state index contributed by atoms with van der Waals surface area (Å²) in [6.45, 7) is 6.91. The number of hydrogen-bond donors (Lipinski definition) is 0. The summed E-state index contributed by atoms with van der Waals surface area (Å²) < 4.78 is 19.0. The molecule has 1 aromatic carbocycles. The third-order valence-corrected chi connectivity index (χ3v) is 2.82. The molecule has 1 aliphatic carbocycles. The number of nitrogens with zero attached hydrogens (tertiary/aromatic N) is 1. The van der Waals surface area contributed by atoms with Crippen molar-refractivity contribution in [1.29, 1.82) is 0 Å². The molecule has 78 valence electrons. The van der Waals surface area contributed by atoms with Gasteiger partial charge in [-0.05, 0) is 30.5 Å². The number of benzene rings is 1. The van der Waals surface area contributed by atoms with Crippen LogP contribution in [0.3, 0.4) is 0 Å². The van der Waals surface area contributed by atoms with Crippen LogP contribution in [0.25, 0.3) is 4.85 Å². The summed E-state index contributed by atoms with van der Waals surface area (Å²) >= 11 is 3.25. The van der Waals surface area contributed by atoms with Crippen LogP contribution >= 0.6 is 15.9 Å². The second kappa shape index (κ2) is 4.19. The molecule has 0 radical (unpaired) electrons. The minimum atomic E-state index is -0.502. The molecule has 0 atom stereocenters.